The number of anilines is 1. The molecule has 0 bridgehead atoms. The van der Waals surface area contributed by atoms with Crippen LogP contribution in [0.25, 0.3) is 11.4 Å². The fourth-order valence-corrected chi connectivity index (χ4v) is 4.14. The molecule has 2 aromatic rings. The minimum Gasteiger partial charge on any atom is -0.497 e. The van der Waals surface area contributed by atoms with Crippen LogP contribution in [-0.4, -0.2) is 67.9 Å². The van der Waals surface area contributed by atoms with Crippen molar-refractivity contribution in [2.75, 3.05) is 46.2 Å². The molecule has 1 aliphatic heterocycles. The Morgan fingerprint density at radius 3 is 2.93 bits per heavy atom. The molecule has 30 heavy (non-hydrogen) atoms. The van der Waals surface area contributed by atoms with E-state index in [0.29, 0.717) is 36.3 Å². The zero-order chi connectivity index (χ0) is 20.9. The molecular formula is C22H32N6O2. The molecule has 1 saturated heterocycles. The highest BCUT2D eigenvalue weighted by molar-refractivity contribution is 5.60. The third-order valence-electron chi connectivity index (χ3n) is 5.81. The minimum absolute atomic E-state index is 0.399. The van der Waals surface area contributed by atoms with E-state index in [9.17, 15) is 0 Å². The summed E-state index contributed by atoms with van der Waals surface area (Å²) in [6.07, 6.45) is 3.40. The van der Waals surface area contributed by atoms with Crippen LogP contribution in [0.1, 0.15) is 19.3 Å². The Kier molecular flexibility index (Phi) is 6.66. The summed E-state index contributed by atoms with van der Waals surface area (Å²) in [4.78, 5) is 11.5. The molecule has 8 heteroatoms. The normalized spacial score (nSPS) is 23.3. The zero-order valence-corrected chi connectivity index (χ0v) is 18.0. The number of fused-ring (bicyclic) bond motifs is 1. The Hall–Kier alpha value is -2.42. The number of hydrogen-bond donors (Lipinski definition) is 3. The van der Waals surface area contributed by atoms with E-state index in [0.717, 1.165) is 49.5 Å². The van der Waals surface area contributed by atoms with Crippen molar-refractivity contribution in [1.82, 2.24) is 25.7 Å². The molecule has 1 aromatic carbocycles. The van der Waals surface area contributed by atoms with Gasteiger partial charge in [-0.25, -0.2) is 4.98 Å². The second-order valence-electron chi connectivity index (χ2n) is 8.34. The maximum Gasteiger partial charge on any atom is 0.219 e. The fourth-order valence-electron chi connectivity index (χ4n) is 4.14. The van der Waals surface area contributed by atoms with Gasteiger partial charge in [-0.3, -0.25) is 10.9 Å². The SMILES string of the molecule is COc1cccc(-c2nc(NC3CCC4NNCC4C3)cc(OCCN(C)C)n2)c1. The molecule has 0 amide bonds. The minimum atomic E-state index is 0.399. The third-order valence-corrected chi connectivity index (χ3v) is 5.81. The molecule has 162 valence electrons. The zero-order valence-electron chi connectivity index (χ0n) is 18.0. The summed E-state index contributed by atoms with van der Waals surface area (Å²) in [5.41, 5.74) is 7.58. The number of rotatable bonds is 8. The number of methoxy groups -OCH3 is 1. The van der Waals surface area contributed by atoms with Crippen LogP contribution in [0.4, 0.5) is 5.82 Å². The molecule has 3 N–H and O–H groups in total. The number of nitrogens with one attached hydrogen (secondary N) is 3. The number of hydrazine groups is 1. The molecule has 3 unspecified atom stereocenters. The Morgan fingerprint density at radius 2 is 2.10 bits per heavy atom. The first-order valence-electron chi connectivity index (χ1n) is 10.7. The van der Waals surface area contributed by atoms with E-state index in [-0.39, 0.29) is 0 Å². The highest BCUT2D eigenvalue weighted by Crippen LogP contribution is 2.30. The van der Waals surface area contributed by atoms with Crippen molar-refractivity contribution < 1.29 is 9.47 Å². The lowest BCUT2D eigenvalue weighted by Gasteiger charge is -2.31. The van der Waals surface area contributed by atoms with Gasteiger partial charge in [0.1, 0.15) is 18.2 Å². The maximum absolute atomic E-state index is 5.95. The molecule has 0 spiro atoms. The van der Waals surface area contributed by atoms with Gasteiger partial charge in [-0.1, -0.05) is 12.1 Å². The van der Waals surface area contributed by atoms with Gasteiger partial charge in [-0.15, -0.1) is 0 Å². The first-order valence-corrected chi connectivity index (χ1v) is 10.7. The monoisotopic (exact) mass is 412 g/mol. The number of nitrogens with zero attached hydrogens (tertiary/aromatic N) is 3. The largest absolute Gasteiger partial charge is 0.497 e. The van der Waals surface area contributed by atoms with Crippen molar-refractivity contribution in [2.45, 2.75) is 31.3 Å². The smallest absolute Gasteiger partial charge is 0.219 e. The highest BCUT2D eigenvalue weighted by Gasteiger charge is 2.33. The van der Waals surface area contributed by atoms with Gasteiger partial charge in [0.2, 0.25) is 5.88 Å². The van der Waals surface area contributed by atoms with Crippen molar-refractivity contribution in [1.29, 1.82) is 0 Å². The average molecular weight is 413 g/mol. The lowest BCUT2D eigenvalue weighted by atomic mass is 9.83. The number of ether oxygens (including phenoxy) is 2. The first kappa shape index (κ1) is 20.8. The van der Waals surface area contributed by atoms with Gasteiger partial charge in [-0.05, 0) is 51.4 Å². The van der Waals surface area contributed by atoms with E-state index in [4.69, 9.17) is 14.5 Å². The summed E-state index contributed by atoms with van der Waals surface area (Å²) in [5, 5.41) is 3.64. The molecule has 1 aromatic heterocycles. The maximum atomic E-state index is 5.95. The van der Waals surface area contributed by atoms with Crippen LogP contribution in [0.5, 0.6) is 11.6 Å². The van der Waals surface area contributed by atoms with Crippen LogP contribution < -0.4 is 25.6 Å². The van der Waals surface area contributed by atoms with Crippen molar-refractivity contribution in [3.8, 4) is 23.0 Å². The van der Waals surface area contributed by atoms with E-state index in [2.05, 4.69) is 26.1 Å². The van der Waals surface area contributed by atoms with E-state index in [1.807, 2.05) is 44.4 Å². The van der Waals surface area contributed by atoms with Gasteiger partial charge in [0.15, 0.2) is 5.82 Å². The van der Waals surface area contributed by atoms with Gasteiger partial charge in [0.05, 0.1) is 7.11 Å². The summed E-state index contributed by atoms with van der Waals surface area (Å²) in [7, 11) is 5.72. The van der Waals surface area contributed by atoms with Crippen molar-refractivity contribution >= 4 is 5.82 Å². The highest BCUT2D eigenvalue weighted by atomic mass is 16.5. The Balaban J connectivity index is 1.54. The number of benzene rings is 1. The van der Waals surface area contributed by atoms with Gasteiger partial charge >= 0.3 is 0 Å². The van der Waals surface area contributed by atoms with Crippen LogP contribution in [0.15, 0.2) is 30.3 Å². The molecule has 2 heterocycles. The predicted molar refractivity (Wildman–Crippen MR) is 118 cm³/mol. The quantitative estimate of drug-likeness (QED) is 0.608. The molecule has 1 saturated carbocycles. The second kappa shape index (κ2) is 9.59. The molecular weight excluding hydrogens is 380 g/mol. The van der Waals surface area contributed by atoms with E-state index in [1.54, 1.807) is 7.11 Å². The van der Waals surface area contributed by atoms with Gasteiger partial charge in [0, 0.05) is 36.8 Å². The van der Waals surface area contributed by atoms with Crippen molar-refractivity contribution in [3.63, 3.8) is 0 Å². The summed E-state index contributed by atoms with van der Waals surface area (Å²) >= 11 is 0. The van der Waals surface area contributed by atoms with Gasteiger partial charge < -0.3 is 19.7 Å². The van der Waals surface area contributed by atoms with Crippen LogP contribution in [0, 0.1) is 5.92 Å². The summed E-state index contributed by atoms with van der Waals surface area (Å²) in [6.45, 7) is 2.43. The topological polar surface area (TPSA) is 83.6 Å². The average Bonchev–Trinajstić information content (AvgIpc) is 3.21. The molecule has 2 aliphatic rings. The molecule has 4 rings (SSSR count). The lowest BCUT2D eigenvalue weighted by molar-refractivity contribution is 0.254. The number of likely N-dealkylation sites (N-methyl/N-ethyl adjacent to an activating group) is 1. The van der Waals surface area contributed by atoms with Crippen LogP contribution in [-0.2, 0) is 0 Å². The predicted octanol–water partition coefficient (Wildman–Crippen LogP) is 2.15. The summed E-state index contributed by atoms with van der Waals surface area (Å²) in [6, 6.07) is 10.7. The molecule has 3 atom stereocenters. The van der Waals surface area contributed by atoms with Gasteiger partial charge in [0.25, 0.3) is 0 Å². The summed E-state index contributed by atoms with van der Waals surface area (Å²) < 4.78 is 11.3. The van der Waals surface area contributed by atoms with Crippen molar-refractivity contribution in [2.24, 2.45) is 5.92 Å². The van der Waals surface area contributed by atoms with Crippen LogP contribution >= 0.6 is 0 Å². The van der Waals surface area contributed by atoms with Crippen molar-refractivity contribution in [3.05, 3.63) is 30.3 Å². The molecule has 2 fully saturated rings. The first-order chi connectivity index (χ1) is 14.6. The van der Waals surface area contributed by atoms with Crippen LogP contribution in [0.2, 0.25) is 0 Å². The lowest BCUT2D eigenvalue weighted by Crippen LogP contribution is -2.39. The van der Waals surface area contributed by atoms with E-state index < -0.39 is 0 Å². The number of aromatic nitrogens is 2. The van der Waals surface area contributed by atoms with E-state index >= 15 is 0 Å². The van der Waals surface area contributed by atoms with E-state index in [1.165, 1.54) is 0 Å². The Morgan fingerprint density at radius 1 is 1.20 bits per heavy atom. The van der Waals surface area contributed by atoms with Gasteiger partial charge in [-0.2, -0.15) is 4.98 Å². The summed E-state index contributed by atoms with van der Waals surface area (Å²) in [5.74, 6) is 3.47. The molecule has 8 nitrogen and oxygen atoms in total. The fraction of sp³-hybridized carbons (Fsp3) is 0.545. The van der Waals surface area contributed by atoms with Crippen LogP contribution in [0.3, 0.4) is 0 Å². The number of hydrogen-bond acceptors (Lipinski definition) is 8. The standard InChI is InChI=1S/C22H32N6O2/c1-28(2)9-10-30-21-13-20(24-17-7-8-19-16(11-17)14-23-27-19)25-22(26-21)15-5-4-6-18(12-15)29-3/h4-6,12-13,16-17,19,23,27H,7-11,14H2,1-3H3,(H,24,25,26). The molecule has 0 radical (unpaired) electrons. The Bertz CT molecular complexity index is 846. The second-order valence-corrected chi connectivity index (χ2v) is 8.34. The third kappa shape index (κ3) is 5.19. The Labute approximate surface area is 178 Å². The molecule has 1 aliphatic carbocycles.